The number of nitrogens with one attached hydrogen (secondary N) is 2. The third-order valence-electron chi connectivity index (χ3n) is 5.28. The molecule has 0 unspecified atom stereocenters. The van der Waals surface area contributed by atoms with Crippen LogP contribution in [0.1, 0.15) is 36.5 Å². The first-order chi connectivity index (χ1) is 16.0. The minimum atomic E-state index is -0.736. The van der Waals surface area contributed by atoms with Crippen LogP contribution in [0.4, 0.5) is 0 Å². The van der Waals surface area contributed by atoms with Gasteiger partial charge in [0.05, 0.1) is 19.2 Å². The molecule has 1 atom stereocenters. The van der Waals surface area contributed by atoms with Gasteiger partial charge in [-0.2, -0.15) is 5.10 Å². The summed E-state index contributed by atoms with van der Waals surface area (Å²) in [6, 6.07) is 25.7. The first-order valence-corrected chi connectivity index (χ1v) is 10.9. The van der Waals surface area contributed by atoms with Crippen LogP contribution in [0.5, 0.6) is 5.75 Å². The fourth-order valence-electron chi connectivity index (χ4n) is 3.49. The number of ether oxygens (including phenoxy) is 1. The van der Waals surface area contributed by atoms with Gasteiger partial charge in [0.15, 0.2) is 0 Å². The summed E-state index contributed by atoms with van der Waals surface area (Å²) >= 11 is 0. The maximum atomic E-state index is 13.4. The molecule has 0 radical (unpaired) electrons. The molecule has 0 saturated heterocycles. The Labute approximate surface area is 194 Å². The van der Waals surface area contributed by atoms with Crippen molar-refractivity contribution >= 4 is 18.0 Å². The number of hydrazone groups is 1. The average Bonchev–Trinajstić information content (AvgIpc) is 2.84. The number of methoxy groups -OCH3 is 1. The van der Waals surface area contributed by atoms with E-state index in [1.54, 1.807) is 13.3 Å². The van der Waals surface area contributed by atoms with Gasteiger partial charge >= 0.3 is 0 Å². The number of hydrogen-bond donors (Lipinski definition) is 2. The SMILES string of the molecule is COc1ccc(/C=N\NC(=O)[C@@H](NC(=O)C(c2ccccc2)c2ccccc2)C(C)C)cc1. The third-order valence-corrected chi connectivity index (χ3v) is 5.28. The molecular formula is C27H29N3O3. The molecule has 6 nitrogen and oxygen atoms in total. The van der Waals surface area contributed by atoms with Crippen LogP contribution in [0, 0.1) is 5.92 Å². The maximum Gasteiger partial charge on any atom is 0.262 e. The summed E-state index contributed by atoms with van der Waals surface area (Å²) in [6.45, 7) is 3.77. The van der Waals surface area contributed by atoms with Crippen molar-refractivity contribution in [1.82, 2.24) is 10.7 Å². The summed E-state index contributed by atoms with van der Waals surface area (Å²) in [6.07, 6.45) is 1.55. The van der Waals surface area contributed by atoms with Crippen molar-refractivity contribution in [3.63, 3.8) is 0 Å². The zero-order valence-electron chi connectivity index (χ0n) is 19.1. The lowest BCUT2D eigenvalue weighted by molar-refractivity contribution is -0.130. The summed E-state index contributed by atoms with van der Waals surface area (Å²) in [5.41, 5.74) is 5.09. The Kier molecular flexibility index (Phi) is 8.36. The topological polar surface area (TPSA) is 79.8 Å². The smallest absolute Gasteiger partial charge is 0.262 e. The van der Waals surface area contributed by atoms with E-state index in [-0.39, 0.29) is 17.7 Å². The van der Waals surface area contributed by atoms with Crippen LogP contribution in [-0.4, -0.2) is 31.2 Å². The van der Waals surface area contributed by atoms with Crippen molar-refractivity contribution in [2.45, 2.75) is 25.8 Å². The predicted molar refractivity (Wildman–Crippen MR) is 130 cm³/mol. The molecule has 2 N–H and O–H groups in total. The van der Waals surface area contributed by atoms with Crippen LogP contribution in [0.2, 0.25) is 0 Å². The highest BCUT2D eigenvalue weighted by atomic mass is 16.5. The number of amides is 2. The van der Waals surface area contributed by atoms with Gasteiger partial charge in [0.1, 0.15) is 11.8 Å². The Bertz CT molecular complexity index is 1030. The van der Waals surface area contributed by atoms with Crippen molar-refractivity contribution in [3.05, 3.63) is 102 Å². The first-order valence-electron chi connectivity index (χ1n) is 10.9. The lowest BCUT2D eigenvalue weighted by Gasteiger charge is -2.24. The van der Waals surface area contributed by atoms with Crippen molar-refractivity contribution in [2.75, 3.05) is 7.11 Å². The zero-order valence-corrected chi connectivity index (χ0v) is 19.1. The molecule has 3 rings (SSSR count). The summed E-state index contributed by atoms with van der Waals surface area (Å²) in [4.78, 5) is 26.2. The summed E-state index contributed by atoms with van der Waals surface area (Å²) in [5, 5.41) is 6.99. The quantitative estimate of drug-likeness (QED) is 0.386. The second-order valence-electron chi connectivity index (χ2n) is 7.99. The molecule has 0 bridgehead atoms. The Morgan fingerprint density at radius 2 is 1.36 bits per heavy atom. The van der Waals surface area contributed by atoms with E-state index in [0.717, 1.165) is 22.4 Å². The highest BCUT2D eigenvalue weighted by molar-refractivity contribution is 5.93. The first kappa shape index (κ1) is 23.7. The molecule has 3 aromatic rings. The highest BCUT2D eigenvalue weighted by Crippen LogP contribution is 2.25. The lowest BCUT2D eigenvalue weighted by Crippen LogP contribution is -2.50. The number of carbonyl (C=O) groups excluding carboxylic acids is 2. The highest BCUT2D eigenvalue weighted by Gasteiger charge is 2.29. The minimum Gasteiger partial charge on any atom is -0.497 e. The molecule has 33 heavy (non-hydrogen) atoms. The number of nitrogens with zero attached hydrogens (tertiary/aromatic N) is 1. The van der Waals surface area contributed by atoms with E-state index >= 15 is 0 Å². The van der Waals surface area contributed by atoms with Gasteiger partial charge in [-0.3, -0.25) is 9.59 Å². The molecule has 0 aliphatic rings. The lowest BCUT2D eigenvalue weighted by atomic mass is 9.89. The molecule has 3 aromatic carbocycles. The number of hydrogen-bond acceptors (Lipinski definition) is 4. The maximum absolute atomic E-state index is 13.4. The molecule has 170 valence electrons. The summed E-state index contributed by atoms with van der Waals surface area (Å²) in [5.74, 6) is -0.518. The van der Waals surface area contributed by atoms with Crippen molar-refractivity contribution in [3.8, 4) is 5.75 Å². The fourth-order valence-corrected chi connectivity index (χ4v) is 3.49. The van der Waals surface area contributed by atoms with Crippen LogP contribution < -0.4 is 15.5 Å². The number of rotatable bonds is 9. The molecule has 0 aliphatic heterocycles. The van der Waals surface area contributed by atoms with Gasteiger partial charge in [0, 0.05) is 0 Å². The molecule has 0 saturated carbocycles. The number of benzene rings is 3. The second-order valence-corrected chi connectivity index (χ2v) is 7.99. The van der Waals surface area contributed by atoms with E-state index in [1.807, 2.05) is 98.8 Å². The Hall–Kier alpha value is -3.93. The molecule has 0 spiro atoms. The van der Waals surface area contributed by atoms with Crippen LogP contribution >= 0.6 is 0 Å². The van der Waals surface area contributed by atoms with E-state index in [1.165, 1.54) is 0 Å². The molecule has 0 aromatic heterocycles. The van der Waals surface area contributed by atoms with Crippen LogP contribution in [0.3, 0.4) is 0 Å². The van der Waals surface area contributed by atoms with Crippen LogP contribution in [-0.2, 0) is 9.59 Å². The standard InChI is InChI=1S/C27H29N3O3/c1-19(2)25(27(32)30-28-18-20-14-16-23(33-3)17-15-20)29-26(31)24(21-10-6-4-7-11-21)22-12-8-5-9-13-22/h4-19,24-25H,1-3H3,(H,29,31)(H,30,32)/b28-18-/t25-/m0/s1. The van der Waals surface area contributed by atoms with E-state index in [2.05, 4.69) is 15.8 Å². The van der Waals surface area contributed by atoms with Gasteiger partial charge < -0.3 is 10.1 Å². The Morgan fingerprint density at radius 1 is 0.818 bits per heavy atom. The summed E-state index contributed by atoms with van der Waals surface area (Å²) < 4.78 is 5.14. The van der Waals surface area contributed by atoms with Crippen molar-refractivity contribution in [2.24, 2.45) is 11.0 Å². The van der Waals surface area contributed by atoms with E-state index in [4.69, 9.17) is 4.74 Å². The number of carbonyl (C=O) groups is 2. The van der Waals surface area contributed by atoms with Crippen LogP contribution in [0.25, 0.3) is 0 Å². The van der Waals surface area contributed by atoms with Gasteiger partial charge in [-0.1, -0.05) is 74.5 Å². The third kappa shape index (κ3) is 6.53. The monoisotopic (exact) mass is 443 g/mol. The predicted octanol–water partition coefficient (Wildman–Crippen LogP) is 4.12. The van der Waals surface area contributed by atoms with Crippen LogP contribution in [0.15, 0.2) is 90.0 Å². The van der Waals surface area contributed by atoms with E-state index in [9.17, 15) is 9.59 Å². The molecule has 0 heterocycles. The molecule has 2 amide bonds. The van der Waals surface area contributed by atoms with Gasteiger partial charge in [0.25, 0.3) is 5.91 Å². The van der Waals surface area contributed by atoms with Gasteiger partial charge in [-0.25, -0.2) is 5.43 Å². The Balaban J connectivity index is 1.73. The molecule has 0 aliphatic carbocycles. The molecule has 0 fully saturated rings. The van der Waals surface area contributed by atoms with Gasteiger partial charge in [-0.05, 0) is 46.9 Å². The largest absolute Gasteiger partial charge is 0.497 e. The molecular weight excluding hydrogens is 414 g/mol. The molecule has 6 heteroatoms. The zero-order chi connectivity index (χ0) is 23.6. The second kappa shape index (κ2) is 11.6. The van der Waals surface area contributed by atoms with Crippen molar-refractivity contribution < 1.29 is 14.3 Å². The van der Waals surface area contributed by atoms with E-state index < -0.39 is 12.0 Å². The van der Waals surface area contributed by atoms with E-state index in [0.29, 0.717) is 0 Å². The van der Waals surface area contributed by atoms with Gasteiger partial charge in [-0.15, -0.1) is 0 Å². The average molecular weight is 444 g/mol. The van der Waals surface area contributed by atoms with Gasteiger partial charge in [0.2, 0.25) is 5.91 Å². The van der Waals surface area contributed by atoms with Crippen molar-refractivity contribution in [1.29, 1.82) is 0 Å². The summed E-state index contributed by atoms with van der Waals surface area (Å²) in [7, 11) is 1.60. The normalized spacial score (nSPS) is 12.0. The fraction of sp³-hybridized carbons (Fsp3) is 0.222. The minimum absolute atomic E-state index is 0.127. The Morgan fingerprint density at radius 3 is 1.85 bits per heavy atom.